The number of carbonyl (C=O) groups excluding carboxylic acids is 3. The molecule has 3 unspecified atom stereocenters. The first-order valence-electron chi connectivity index (χ1n) is 15.6. The molecule has 0 aromatic rings. The summed E-state index contributed by atoms with van der Waals surface area (Å²) in [4.78, 5) is 47.7. The number of hydrogen-bond acceptors (Lipinski definition) is 8. The molecule has 0 radical (unpaired) electrons. The van der Waals surface area contributed by atoms with E-state index < -0.39 is 35.6 Å². The second-order valence-electron chi connectivity index (χ2n) is 11.8. The van der Waals surface area contributed by atoms with Crippen molar-refractivity contribution in [3.8, 4) is 0 Å². The van der Waals surface area contributed by atoms with Crippen molar-refractivity contribution in [2.24, 2.45) is 11.8 Å². The van der Waals surface area contributed by atoms with Gasteiger partial charge in [0.2, 0.25) is 11.8 Å². The highest BCUT2D eigenvalue weighted by atomic mass is 79.9. The lowest BCUT2D eigenvalue weighted by molar-refractivity contribution is -0.155. The number of aliphatic hydroxyl groups is 1. The van der Waals surface area contributed by atoms with Crippen LogP contribution in [-0.2, 0) is 28.6 Å². The summed E-state index contributed by atoms with van der Waals surface area (Å²) in [5.41, 5.74) is -1.09. The normalized spacial score (nSPS) is 30.4. The van der Waals surface area contributed by atoms with Gasteiger partial charge in [-0.25, -0.2) is 0 Å². The van der Waals surface area contributed by atoms with Crippen molar-refractivity contribution in [1.82, 2.24) is 14.7 Å². The number of ether oxygens (including phenoxy) is 3. The first-order chi connectivity index (χ1) is 20.4. The lowest BCUT2D eigenvalue weighted by Gasteiger charge is -2.38. The number of likely N-dealkylation sites (tertiary alicyclic amines) is 1. The molecule has 11 heteroatoms. The van der Waals surface area contributed by atoms with E-state index in [1.54, 1.807) is 15.9 Å². The minimum Gasteiger partial charge on any atom is -0.465 e. The van der Waals surface area contributed by atoms with Gasteiger partial charge in [-0.15, -0.1) is 13.2 Å². The van der Waals surface area contributed by atoms with E-state index in [4.69, 9.17) is 14.2 Å². The molecule has 4 saturated heterocycles. The molecule has 2 amide bonds. The van der Waals surface area contributed by atoms with Crippen LogP contribution >= 0.6 is 15.9 Å². The molecule has 2 bridgehead atoms. The van der Waals surface area contributed by atoms with Crippen LogP contribution in [0.25, 0.3) is 0 Å². The van der Waals surface area contributed by atoms with Crippen molar-refractivity contribution < 1.29 is 33.7 Å². The molecule has 1 spiro atoms. The van der Waals surface area contributed by atoms with E-state index in [0.717, 1.165) is 45.2 Å². The molecule has 42 heavy (non-hydrogen) atoms. The standard InChI is InChI=1S/C31H48BrN3O7/c1-3-5-6-11-19-41-30(39)24-25-28(37)35(13-9-7-8-10-18-36)27(31(25)22-23(32)26(24)42-31)29(38)34(12-4-2)15-14-33-16-20-40-21-17-33/h3-4,23-27,36H,1-2,5-22H2/t23?,24-,25+,26-,27?,31?/m1/s1. The number of esters is 1. The maximum Gasteiger partial charge on any atom is 0.312 e. The Labute approximate surface area is 258 Å². The van der Waals surface area contributed by atoms with Crippen molar-refractivity contribution in [3.63, 3.8) is 0 Å². The maximum absolute atomic E-state index is 14.5. The predicted octanol–water partition coefficient (Wildman–Crippen LogP) is 2.53. The summed E-state index contributed by atoms with van der Waals surface area (Å²) < 4.78 is 17.8. The topological polar surface area (TPSA) is 109 Å². The first-order valence-corrected chi connectivity index (χ1v) is 16.5. The molecular weight excluding hydrogens is 606 g/mol. The van der Waals surface area contributed by atoms with Crippen molar-refractivity contribution in [2.75, 3.05) is 65.7 Å². The van der Waals surface area contributed by atoms with Gasteiger partial charge in [0.1, 0.15) is 11.6 Å². The summed E-state index contributed by atoms with van der Waals surface area (Å²) >= 11 is 3.73. The van der Waals surface area contributed by atoms with E-state index in [1.165, 1.54) is 0 Å². The van der Waals surface area contributed by atoms with Crippen LogP contribution in [-0.4, -0.2) is 126 Å². The van der Waals surface area contributed by atoms with Crippen molar-refractivity contribution in [2.45, 2.75) is 73.9 Å². The van der Waals surface area contributed by atoms with Gasteiger partial charge in [0.05, 0.1) is 37.8 Å². The Balaban J connectivity index is 1.56. The Morgan fingerprint density at radius 3 is 2.57 bits per heavy atom. The van der Waals surface area contributed by atoms with Gasteiger partial charge in [-0.2, -0.15) is 0 Å². The van der Waals surface area contributed by atoms with Crippen LogP contribution in [0.2, 0.25) is 0 Å². The highest BCUT2D eigenvalue weighted by Gasteiger charge is 2.77. The molecule has 4 aliphatic rings. The number of nitrogens with zero attached hydrogens (tertiary/aromatic N) is 3. The Kier molecular flexibility index (Phi) is 12.4. The van der Waals surface area contributed by atoms with Crippen LogP contribution in [0.3, 0.4) is 0 Å². The molecule has 4 aliphatic heterocycles. The number of halogens is 1. The maximum atomic E-state index is 14.5. The van der Waals surface area contributed by atoms with Gasteiger partial charge in [0, 0.05) is 50.7 Å². The van der Waals surface area contributed by atoms with E-state index in [2.05, 4.69) is 34.0 Å². The second kappa shape index (κ2) is 15.8. The number of amides is 2. The summed E-state index contributed by atoms with van der Waals surface area (Å²) in [6, 6.07) is -0.826. The molecule has 1 N–H and O–H groups in total. The number of hydrogen-bond donors (Lipinski definition) is 1. The van der Waals surface area contributed by atoms with Gasteiger partial charge >= 0.3 is 5.97 Å². The monoisotopic (exact) mass is 653 g/mol. The Morgan fingerprint density at radius 1 is 1.10 bits per heavy atom. The molecule has 4 heterocycles. The Morgan fingerprint density at radius 2 is 1.86 bits per heavy atom. The van der Waals surface area contributed by atoms with E-state index >= 15 is 0 Å². The second-order valence-corrected chi connectivity index (χ2v) is 13.0. The van der Waals surface area contributed by atoms with Crippen molar-refractivity contribution in [1.29, 1.82) is 0 Å². The molecule has 236 valence electrons. The zero-order valence-electron chi connectivity index (χ0n) is 24.8. The fourth-order valence-electron chi connectivity index (χ4n) is 7.03. The van der Waals surface area contributed by atoms with E-state index in [9.17, 15) is 19.5 Å². The molecule has 0 saturated carbocycles. The van der Waals surface area contributed by atoms with Gasteiger partial charge in [-0.3, -0.25) is 19.3 Å². The van der Waals surface area contributed by atoms with E-state index in [1.807, 2.05) is 6.08 Å². The fourth-order valence-corrected chi connectivity index (χ4v) is 7.98. The van der Waals surface area contributed by atoms with Crippen LogP contribution in [0.4, 0.5) is 0 Å². The third-order valence-corrected chi connectivity index (χ3v) is 9.95. The number of unbranched alkanes of at least 4 members (excludes halogenated alkanes) is 5. The number of carbonyl (C=O) groups is 3. The summed E-state index contributed by atoms with van der Waals surface area (Å²) in [5, 5.41) is 9.18. The number of alkyl halides is 1. The zero-order valence-corrected chi connectivity index (χ0v) is 26.4. The molecular formula is C31H48BrN3O7. The van der Waals surface area contributed by atoms with Crippen LogP contribution in [0.1, 0.15) is 51.4 Å². The van der Waals surface area contributed by atoms with Gasteiger partial charge in [0.15, 0.2) is 0 Å². The number of rotatable bonds is 18. The first kappa shape index (κ1) is 33.1. The van der Waals surface area contributed by atoms with Crippen molar-refractivity contribution >= 4 is 33.7 Å². The van der Waals surface area contributed by atoms with Crippen LogP contribution < -0.4 is 0 Å². The number of morpholine rings is 1. The summed E-state index contributed by atoms with van der Waals surface area (Å²) in [7, 11) is 0. The fraction of sp³-hybridized carbons (Fsp3) is 0.774. The number of aliphatic hydroxyl groups excluding tert-OH is 1. The lowest BCUT2D eigenvalue weighted by Crippen LogP contribution is -2.57. The number of fused-ring (bicyclic) bond motifs is 1. The van der Waals surface area contributed by atoms with Crippen LogP contribution in [0.5, 0.6) is 0 Å². The van der Waals surface area contributed by atoms with Crippen LogP contribution in [0, 0.1) is 11.8 Å². The van der Waals surface area contributed by atoms with Crippen molar-refractivity contribution in [3.05, 3.63) is 25.3 Å². The predicted molar refractivity (Wildman–Crippen MR) is 162 cm³/mol. The minimum absolute atomic E-state index is 0.133. The molecule has 0 aliphatic carbocycles. The average molecular weight is 655 g/mol. The van der Waals surface area contributed by atoms with E-state index in [0.29, 0.717) is 58.7 Å². The minimum atomic E-state index is -1.09. The van der Waals surface area contributed by atoms with Gasteiger partial charge in [0.25, 0.3) is 0 Å². The Bertz CT molecular complexity index is 961. The van der Waals surface area contributed by atoms with Gasteiger partial charge in [-0.05, 0) is 38.5 Å². The SMILES string of the molecule is C=CCCCCOC(=O)[C@H]1[C@@H]2OC3(CC2Br)C(C(=O)N(CC=C)CCN2CCOCC2)N(CCCCCCO)C(=O)[C@H]13. The van der Waals surface area contributed by atoms with Gasteiger partial charge < -0.3 is 29.1 Å². The third-order valence-electron chi connectivity index (χ3n) is 9.10. The van der Waals surface area contributed by atoms with Gasteiger partial charge in [-0.1, -0.05) is 40.9 Å². The summed E-state index contributed by atoms with van der Waals surface area (Å²) in [5.74, 6) is -2.29. The third kappa shape index (κ3) is 7.12. The lowest BCUT2D eigenvalue weighted by atomic mass is 9.70. The molecule has 4 rings (SSSR count). The number of allylic oxidation sites excluding steroid dienone is 1. The zero-order chi connectivity index (χ0) is 30.1. The average Bonchev–Trinajstić information content (AvgIpc) is 3.58. The Hall–Kier alpha value is -1.79. The van der Waals surface area contributed by atoms with E-state index in [-0.39, 0.29) is 29.9 Å². The summed E-state index contributed by atoms with van der Waals surface area (Å²) in [6.45, 7) is 13.0. The molecule has 0 aromatic carbocycles. The van der Waals surface area contributed by atoms with Crippen LogP contribution in [0.15, 0.2) is 25.3 Å². The molecule has 10 nitrogen and oxygen atoms in total. The summed E-state index contributed by atoms with van der Waals surface area (Å²) in [6.07, 6.45) is 9.03. The largest absolute Gasteiger partial charge is 0.465 e. The molecule has 0 aromatic heterocycles. The molecule has 4 fully saturated rings. The quantitative estimate of drug-likeness (QED) is 0.104. The highest BCUT2D eigenvalue weighted by Crippen LogP contribution is 2.60. The smallest absolute Gasteiger partial charge is 0.312 e. The molecule has 6 atom stereocenters. The highest BCUT2D eigenvalue weighted by molar-refractivity contribution is 9.09.